The van der Waals surface area contributed by atoms with E-state index in [9.17, 15) is 14.4 Å². The van der Waals surface area contributed by atoms with Gasteiger partial charge in [0.2, 0.25) is 11.8 Å². The van der Waals surface area contributed by atoms with E-state index >= 15 is 0 Å². The number of ether oxygens (including phenoxy) is 2. The van der Waals surface area contributed by atoms with Gasteiger partial charge in [0.05, 0.1) is 18.1 Å². The number of rotatable bonds is 12. The van der Waals surface area contributed by atoms with Gasteiger partial charge in [-0.25, -0.2) is 0 Å². The maximum Gasteiger partial charge on any atom is 0.312 e. The zero-order valence-corrected chi connectivity index (χ0v) is 21.4. The number of nitrogens with zero attached hydrogens (tertiary/aromatic N) is 2. The predicted molar refractivity (Wildman–Crippen MR) is 128 cm³/mol. The largest absolute Gasteiger partial charge is 0.466 e. The van der Waals surface area contributed by atoms with Crippen LogP contribution in [0.2, 0.25) is 0 Å². The number of aliphatic hydroxyl groups is 1. The van der Waals surface area contributed by atoms with Crippen LogP contribution in [0.3, 0.4) is 0 Å². The standard InChI is InChI=1S/C26H42N2O6/c1-7-13-27(17(3)4)23(31)21-26-16-18(5)25(6,34-26)20(24(32)33-8-2)19(26)22(30)28(21)14-11-9-10-12-15-29/h7,17-21,29H,1,8-16H2,2-6H3/t18?,19-,20-,21?,25+,26?/m0/s1. The summed E-state index contributed by atoms with van der Waals surface area (Å²) in [6, 6.07) is -0.858. The number of carbonyl (C=O) groups excluding carboxylic acids is 3. The van der Waals surface area contributed by atoms with Crippen LogP contribution in [-0.2, 0) is 23.9 Å². The molecule has 3 rings (SSSR count). The Morgan fingerprint density at radius 3 is 2.59 bits per heavy atom. The Balaban J connectivity index is 2.02. The fourth-order valence-corrected chi connectivity index (χ4v) is 6.45. The summed E-state index contributed by atoms with van der Waals surface area (Å²) in [7, 11) is 0. The molecule has 3 aliphatic rings. The van der Waals surface area contributed by atoms with Crippen molar-refractivity contribution in [3.63, 3.8) is 0 Å². The molecule has 3 saturated heterocycles. The van der Waals surface area contributed by atoms with Crippen LogP contribution in [0.15, 0.2) is 12.7 Å². The molecular weight excluding hydrogens is 436 g/mol. The maximum atomic E-state index is 14.1. The number of hydrogen-bond donors (Lipinski definition) is 1. The summed E-state index contributed by atoms with van der Waals surface area (Å²) < 4.78 is 12.1. The zero-order chi connectivity index (χ0) is 25.3. The molecule has 3 aliphatic heterocycles. The molecule has 0 radical (unpaired) electrons. The first-order valence-electron chi connectivity index (χ1n) is 12.8. The molecule has 8 heteroatoms. The van der Waals surface area contributed by atoms with Gasteiger partial charge in [0.25, 0.3) is 0 Å². The summed E-state index contributed by atoms with van der Waals surface area (Å²) in [4.78, 5) is 44.5. The SMILES string of the molecule is C=CCN(C(=O)C1N(CCCCCCO)C(=O)[C@@H]2[C@@H](C(=O)OCC)[C@]3(C)OC12CC3C)C(C)C. The van der Waals surface area contributed by atoms with E-state index in [4.69, 9.17) is 14.6 Å². The minimum Gasteiger partial charge on any atom is -0.466 e. The van der Waals surface area contributed by atoms with Gasteiger partial charge in [-0.05, 0) is 52.9 Å². The third-order valence-electron chi connectivity index (χ3n) is 8.13. The van der Waals surface area contributed by atoms with Crippen LogP contribution in [0.5, 0.6) is 0 Å². The van der Waals surface area contributed by atoms with Crippen LogP contribution in [-0.4, -0.2) is 82.3 Å². The first-order chi connectivity index (χ1) is 16.1. The van der Waals surface area contributed by atoms with Crippen LogP contribution in [0.1, 0.15) is 66.7 Å². The molecule has 6 atom stereocenters. The van der Waals surface area contributed by atoms with Crippen molar-refractivity contribution < 1.29 is 29.0 Å². The first-order valence-corrected chi connectivity index (χ1v) is 12.8. The van der Waals surface area contributed by atoms with Crippen molar-refractivity contribution in [2.45, 2.75) is 90.0 Å². The molecule has 34 heavy (non-hydrogen) atoms. The zero-order valence-electron chi connectivity index (χ0n) is 21.4. The van der Waals surface area contributed by atoms with Gasteiger partial charge in [0.15, 0.2) is 0 Å². The number of amides is 2. The van der Waals surface area contributed by atoms with Gasteiger partial charge in [-0.3, -0.25) is 14.4 Å². The molecule has 3 unspecified atom stereocenters. The third kappa shape index (κ3) is 4.17. The lowest BCUT2D eigenvalue weighted by Crippen LogP contribution is -2.57. The van der Waals surface area contributed by atoms with Crippen molar-refractivity contribution in [1.29, 1.82) is 0 Å². The Morgan fingerprint density at radius 2 is 2.00 bits per heavy atom. The highest BCUT2D eigenvalue weighted by molar-refractivity contribution is 5.98. The van der Waals surface area contributed by atoms with Crippen molar-refractivity contribution in [2.75, 3.05) is 26.3 Å². The number of hydrogen-bond acceptors (Lipinski definition) is 6. The molecule has 1 spiro atoms. The molecule has 0 aromatic rings. The van der Waals surface area contributed by atoms with Gasteiger partial charge in [0, 0.05) is 25.7 Å². The second kappa shape index (κ2) is 10.4. The van der Waals surface area contributed by atoms with Crippen LogP contribution >= 0.6 is 0 Å². The molecule has 8 nitrogen and oxygen atoms in total. The summed E-state index contributed by atoms with van der Waals surface area (Å²) in [5, 5.41) is 9.07. The number of unbranched alkanes of at least 4 members (excludes halogenated alkanes) is 3. The van der Waals surface area contributed by atoms with Gasteiger partial charge >= 0.3 is 5.97 Å². The van der Waals surface area contributed by atoms with E-state index in [2.05, 4.69) is 6.58 Å². The molecule has 192 valence electrons. The second-order valence-corrected chi connectivity index (χ2v) is 10.5. The predicted octanol–water partition coefficient (Wildman–Crippen LogP) is 2.54. The lowest BCUT2D eigenvalue weighted by Gasteiger charge is -2.38. The molecule has 0 aromatic carbocycles. The average Bonchev–Trinajstić information content (AvgIpc) is 3.28. The molecule has 0 aromatic heterocycles. The highest BCUT2D eigenvalue weighted by Gasteiger charge is 2.80. The summed E-state index contributed by atoms with van der Waals surface area (Å²) in [5.74, 6) is -2.21. The first kappa shape index (κ1) is 26.7. The van der Waals surface area contributed by atoms with E-state index in [0.717, 1.165) is 19.3 Å². The minimum atomic E-state index is -1.04. The van der Waals surface area contributed by atoms with Crippen LogP contribution < -0.4 is 0 Å². The lowest BCUT2D eigenvalue weighted by molar-refractivity contribution is -0.162. The van der Waals surface area contributed by atoms with E-state index in [-0.39, 0.29) is 37.0 Å². The summed E-state index contributed by atoms with van der Waals surface area (Å²) in [6.45, 7) is 14.6. The quantitative estimate of drug-likeness (QED) is 0.263. The summed E-state index contributed by atoms with van der Waals surface area (Å²) >= 11 is 0. The Labute approximate surface area is 203 Å². The normalized spacial score (nSPS) is 34.0. The Bertz CT molecular complexity index is 800. The smallest absolute Gasteiger partial charge is 0.312 e. The molecule has 1 N–H and O–H groups in total. The molecule has 3 fully saturated rings. The number of carbonyl (C=O) groups is 3. The fourth-order valence-electron chi connectivity index (χ4n) is 6.45. The van der Waals surface area contributed by atoms with E-state index in [1.54, 1.807) is 22.8 Å². The highest BCUT2D eigenvalue weighted by atomic mass is 16.6. The Kier molecular flexibility index (Phi) is 8.13. The molecule has 0 aliphatic carbocycles. The molecule has 3 heterocycles. The van der Waals surface area contributed by atoms with Crippen molar-refractivity contribution in [1.82, 2.24) is 9.80 Å². The minimum absolute atomic E-state index is 0.00216. The number of likely N-dealkylation sites (tertiary alicyclic amines) is 1. The average molecular weight is 479 g/mol. The highest BCUT2D eigenvalue weighted by Crippen LogP contribution is 2.65. The number of esters is 1. The van der Waals surface area contributed by atoms with Gasteiger partial charge in [-0.15, -0.1) is 6.58 Å². The van der Waals surface area contributed by atoms with Gasteiger partial charge in [-0.2, -0.15) is 0 Å². The molecule has 2 bridgehead atoms. The van der Waals surface area contributed by atoms with Crippen molar-refractivity contribution >= 4 is 17.8 Å². The van der Waals surface area contributed by atoms with Crippen molar-refractivity contribution in [2.24, 2.45) is 17.8 Å². The maximum absolute atomic E-state index is 14.1. The van der Waals surface area contributed by atoms with Gasteiger partial charge < -0.3 is 24.4 Å². The molecule has 2 amide bonds. The molecule has 0 saturated carbocycles. The Hall–Kier alpha value is -1.93. The fraction of sp³-hybridized carbons (Fsp3) is 0.808. The third-order valence-corrected chi connectivity index (χ3v) is 8.13. The van der Waals surface area contributed by atoms with E-state index in [1.165, 1.54) is 0 Å². The van der Waals surface area contributed by atoms with E-state index in [0.29, 0.717) is 25.9 Å². The van der Waals surface area contributed by atoms with Crippen molar-refractivity contribution in [3.05, 3.63) is 12.7 Å². The summed E-state index contributed by atoms with van der Waals surface area (Å²) in [6.07, 6.45) is 5.39. The van der Waals surface area contributed by atoms with Crippen molar-refractivity contribution in [3.8, 4) is 0 Å². The van der Waals surface area contributed by atoms with E-state index in [1.807, 2.05) is 27.7 Å². The monoisotopic (exact) mass is 478 g/mol. The topological polar surface area (TPSA) is 96.4 Å². The van der Waals surface area contributed by atoms with Crippen LogP contribution in [0.4, 0.5) is 0 Å². The van der Waals surface area contributed by atoms with Gasteiger partial charge in [-0.1, -0.05) is 25.8 Å². The lowest BCUT2D eigenvalue weighted by atomic mass is 9.62. The van der Waals surface area contributed by atoms with E-state index < -0.39 is 35.0 Å². The number of fused-ring (bicyclic) bond motifs is 1. The van der Waals surface area contributed by atoms with Crippen LogP contribution in [0.25, 0.3) is 0 Å². The van der Waals surface area contributed by atoms with Crippen LogP contribution in [0, 0.1) is 17.8 Å². The Morgan fingerprint density at radius 1 is 1.32 bits per heavy atom. The molecular formula is C26H42N2O6. The van der Waals surface area contributed by atoms with Gasteiger partial charge in [0.1, 0.15) is 17.6 Å². The summed E-state index contributed by atoms with van der Waals surface area (Å²) in [5.41, 5.74) is -1.89. The second-order valence-electron chi connectivity index (χ2n) is 10.5. The number of aliphatic hydroxyl groups excluding tert-OH is 1.